The lowest BCUT2D eigenvalue weighted by Crippen LogP contribution is -2.41. The maximum absolute atomic E-state index is 13.8. The zero-order chi connectivity index (χ0) is 25.8. The van der Waals surface area contributed by atoms with Gasteiger partial charge < -0.3 is 16.0 Å². The predicted molar refractivity (Wildman–Crippen MR) is 150 cm³/mol. The fourth-order valence-corrected chi connectivity index (χ4v) is 5.86. The third-order valence-corrected chi connectivity index (χ3v) is 8.34. The molecule has 198 valence electrons. The fraction of sp³-hybridized carbons (Fsp3) is 0.379. The van der Waals surface area contributed by atoms with Crippen LogP contribution in [0.15, 0.2) is 89.8 Å². The fourth-order valence-electron chi connectivity index (χ4n) is 4.45. The highest BCUT2D eigenvalue weighted by atomic mass is 32.2. The first-order chi connectivity index (χ1) is 18.1. The van der Waals surface area contributed by atoms with Crippen LogP contribution in [-0.2, 0) is 29.7 Å². The third-order valence-electron chi connectivity index (χ3n) is 6.54. The Morgan fingerprint density at radius 1 is 0.595 bits per heavy atom. The summed E-state index contributed by atoms with van der Waals surface area (Å²) in [5.74, 6) is 0. The van der Waals surface area contributed by atoms with Gasteiger partial charge in [-0.15, -0.1) is 0 Å². The lowest BCUT2D eigenvalue weighted by atomic mass is 10.2. The quantitative estimate of drug-likeness (QED) is 0.423. The van der Waals surface area contributed by atoms with Crippen LogP contribution < -0.4 is 16.0 Å². The Morgan fingerprint density at radius 3 is 1.54 bits per heavy atom. The monoisotopic (exact) mass is 521 g/mol. The molecule has 0 amide bonds. The van der Waals surface area contributed by atoms with Crippen LogP contribution in [0.5, 0.6) is 0 Å². The smallest absolute Gasteiger partial charge is 0.243 e. The first-order valence-electron chi connectivity index (χ1n) is 13.1. The second kappa shape index (κ2) is 14.4. The number of benzene rings is 3. The van der Waals surface area contributed by atoms with Crippen molar-refractivity contribution < 1.29 is 8.42 Å². The molecule has 0 spiro atoms. The number of sulfonamides is 1. The van der Waals surface area contributed by atoms with Crippen molar-refractivity contribution in [1.82, 2.24) is 25.2 Å². The molecule has 7 nitrogen and oxygen atoms in total. The second-order valence-corrected chi connectivity index (χ2v) is 11.4. The summed E-state index contributed by atoms with van der Waals surface area (Å²) >= 11 is 0. The van der Waals surface area contributed by atoms with Crippen LogP contribution in [0.1, 0.15) is 16.7 Å². The third kappa shape index (κ3) is 8.74. The van der Waals surface area contributed by atoms with Gasteiger partial charge in [-0.25, -0.2) is 8.42 Å². The molecule has 0 radical (unpaired) electrons. The van der Waals surface area contributed by atoms with E-state index in [0.29, 0.717) is 18.0 Å². The van der Waals surface area contributed by atoms with Crippen LogP contribution in [0.4, 0.5) is 0 Å². The molecule has 1 saturated heterocycles. The normalized spacial score (nSPS) is 16.7. The van der Waals surface area contributed by atoms with Gasteiger partial charge in [0, 0.05) is 72.0 Å². The average Bonchev–Trinajstić information content (AvgIpc) is 2.91. The van der Waals surface area contributed by atoms with E-state index >= 15 is 0 Å². The minimum atomic E-state index is -3.68. The maximum atomic E-state index is 13.8. The molecule has 1 aliphatic rings. The summed E-state index contributed by atoms with van der Waals surface area (Å²) < 4.78 is 29.1. The van der Waals surface area contributed by atoms with Crippen LogP contribution >= 0.6 is 0 Å². The Labute approximate surface area is 221 Å². The summed E-state index contributed by atoms with van der Waals surface area (Å²) in [7, 11) is -3.68. The summed E-state index contributed by atoms with van der Waals surface area (Å²) in [4.78, 5) is 2.74. The zero-order valence-electron chi connectivity index (χ0n) is 21.5. The second-order valence-electron chi connectivity index (χ2n) is 9.41. The molecule has 0 aliphatic carbocycles. The molecule has 0 bridgehead atoms. The molecule has 3 aromatic rings. The minimum absolute atomic E-state index is 0.323. The van der Waals surface area contributed by atoms with Crippen LogP contribution in [0.3, 0.4) is 0 Å². The van der Waals surface area contributed by atoms with Gasteiger partial charge in [-0.05, 0) is 28.8 Å². The molecule has 0 aromatic heterocycles. The van der Waals surface area contributed by atoms with Gasteiger partial charge in [0.1, 0.15) is 0 Å². The van der Waals surface area contributed by atoms with Crippen LogP contribution in [0.25, 0.3) is 0 Å². The molecule has 4 rings (SSSR count). The molecule has 3 aromatic carbocycles. The molecule has 0 atom stereocenters. The van der Waals surface area contributed by atoms with Crippen molar-refractivity contribution in [2.75, 3.05) is 52.4 Å². The van der Waals surface area contributed by atoms with Crippen molar-refractivity contribution in [2.45, 2.75) is 24.5 Å². The minimum Gasteiger partial charge on any atom is -0.314 e. The van der Waals surface area contributed by atoms with Crippen LogP contribution in [-0.4, -0.2) is 70.0 Å². The van der Waals surface area contributed by atoms with Gasteiger partial charge in [-0.1, -0.05) is 72.8 Å². The molecule has 1 fully saturated rings. The van der Waals surface area contributed by atoms with Crippen molar-refractivity contribution in [1.29, 1.82) is 0 Å². The van der Waals surface area contributed by atoms with Crippen molar-refractivity contribution in [2.24, 2.45) is 0 Å². The molecular weight excluding hydrogens is 482 g/mol. The van der Waals surface area contributed by atoms with Gasteiger partial charge in [0.2, 0.25) is 10.0 Å². The van der Waals surface area contributed by atoms with E-state index in [2.05, 4.69) is 20.9 Å². The van der Waals surface area contributed by atoms with Crippen molar-refractivity contribution in [3.8, 4) is 0 Å². The highest BCUT2D eigenvalue weighted by molar-refractivity contribution is 7.89. The molecule has 1 aliphatic heterocycles. The average molecular weight is 522 g/mol. The largest absolute Gasteiger partial charge is 0.314 e. The summed E-state index contributed by atoms with van der Waals surface area (Å²) in [5.41, 5.74) is 3.05. The summed E-state index contributed by atoms with van der Waals surface area (Å²) in [6, 6.07) is 26.9. The van der Waals surface area contributed by atoms with Gasteiger partial charge in [0.15, 0.2) is 0 Å². The topological polar surface area (TPSA) is 76.7 Å². The van der Waals surface area contributed by atoms with E-state index in [1.807, 2.05) is 72.8 Å². The Kier molecular flexibility index (Phi) is 10.7. The van der Waals surface area contributed by atoms with E-state index in [-0.39, 0.29) is 0 Å². The molecule has 1 heterocycles. The maximum Gasteiger partial charge on any atom is 0.243 e. The molecule has 0 unspecified atom stereocenters. The predicted octanol–water partition coefficient (Wildman–Crippen LogP) is 2.66. The van der Waals surface area contributed by atoms with Gasteiger partial charge in [-0.3, -0.25) is 4.90 Å². The number of rotatable bonds is 8. The van der Waals surface area contributed by atoms with E-state index < -0.39 is 10.0 Å². The molecule has 3 N–H and O–H groups in total. The molecule has 8 heteroatoms. The number of nitrogens with zero attached hydrogens (tertiary/aromatic N) is 2. The van der Waals surface area contributed by atoms with E-state index in [9.17, 15) is 8.42 Å². The summed E-state index contributed by atoms with van der Waals surface area (Å²) in [6.45, 7) is 9.07. The molecule has 37 heavy (non-hydrogen) atoms. The Hall–Kier alpha value is -2.59. The van der Waals surface area contributed by atoms with Crippen molar-refractivity contribution >= 4 is 10.0 Å². The first kappa shape index (κ1) is 27.4. The van der Waals surface area contributed by atoms with Crippen molar-refractivity contribution in [3.05, 3.63) is 102 Å². The van der Waals surface area contributed by atoms with Crippen molar-refractivity contribution in [3.63, 3.8) is 0 Å². The lowest BCUT2D eigenvalue weighted by molar-refractivity contribution is 0.263. The van der Waals surface area contributed by atoms with E-state index in [1.54, 1.807) is 16.4 Å². The number of hydrogen-bond acceptors (Lipinski definition) is 6. The van der Waals surface area contributed by atoms with E-state index in [4.69, 9.17) is 0 Å². The van der Waals surface area contributed by atoms with Gasteiger partial charge in [0.05, 0.1) is 4.90 Å². The first-order valence-corrected chi connectivity index (χ1v) is 14.6. The number of nitrogens with one attached hydrogen (secondary N) is 3. The van der Waals surface area contributed by atoms with Crippen LogP contribution in [0.2, 0.25) is 0 Å². The Morgan fingerprint density at radius 2 is 1.05 bits per heavy atom. The summed E-state index contributed by atoms with van der Waals surface area (Å²) in [5, 5.41) is 10.4. The standard InChI is InChI=1S/C29H39N5O2S/c35-37(36,34(24-26-7-3-1-4-8-26)25-27-9-5-2-6-10-27)29-13-11-28(12-14-29)23-33-21-19-31-17-15-30-16-18-32-20-22-33/h1-14,30-32H,15-25H2. The highest BCUT2D eigenvalue weighted by Crippen LogP contribution is 2.22. The van der Waals surface area contributed by atoms with Gasteiger partial charge in [0.25, 0.3) is 0 Å². The highest BCUT2D eigenvalue weighted by Gasteiger charge is 2.25. The Balaban J connectivity index is 1.46. The SMILES string of the molecule is O=S(=O)(c1ccc(CN2CCNCCNCCNCC2)cc1)N(Cc1ccccc1)Cc1ccccc1. The summed E-state index contributed by atoms with van der Waals surface area (Å²) in [6.07, 6.45) is 0. The van der Waals surface area contributed by atoms with Crippen LogP contribution in [0, 0.1) is 0 Å². The Bertz CT molecular complexity index is 1100. The molecular formula is C29H39N5O2S. The number of hydrogen-bond donors (Lipinski definition) is 3. The van der Waals surface area contributed by atoms with E-state index in [0.717, 1.165) is 75.6 Å². The van der Waals surface area contributed by atoms with E-state index in [1.165, 1.54) is 0 Å². The lowest BCUT2D eigenvalue weighted by Gasteiger charge is -2.24. The molecule has 0 saturated carbocycles. The van der Waals surface area contributed by atoms with Gasteiger partial charge >= 0.3 is 0 Å². The zero-order valence-corrected chi connectivity index (χ0v) is 22.3. The van der Waals surface area contributed by atoms with Gasteiger partial charge in [-0.2, -0.15) is 4.31 Å².